The van der Waals surface area contributed by atoms with E-state index in [2.05, 4.69) is 52.4 Å². The molecule has 1 heterocycles. The van der Waals surface area contributed by atoms with Gasteiger partial charge in [0, 0.05) is 4.47 Å². The van der Waals surface area contributed by atoms with Gasteiger partial charge < -0.3 is 10.1 Å². The zero-order chi connectivity index (χ0) is 12.3. The third-order valence-electron chi connectivity index (χ3n) is 3.05. The van der Waals surface area contributed by atoms with Gasteiger partial charge in [-0.1, -0.05) is 28.1 Å². The Morgan fingerprint density at radius 3 is 2.82 bits per heavy atom. The number of ether oxygens (including phenoxy) is 1. The van der Waals surface area contributed by atoms with Crippen molar-refractivity contribution in [3.8, 4) is 0 Å². The molecule has 1 aliphatic heterocycles. The molecule has 0 aliphatic carbocycles. The summed E-state index contributed by atoms with van der Waals surface area (Å²) in [5.74, 6) is 1.06. The molecule has 0 fully saturated rings. The normalized spacial score (nSPS) is 17.2. The number of hydrogen-bond donors (Lipinski definition) is 1. The van der Waals surface area contributed by atoms with Crippen molar-refractivity contribution in [2.24, 2.45) is 0 Å². The lowest BCUT2D eigenvalue weighted by Crippen LogP contribution is -2.22. The van der Waals surface area contributed by atoms with Gasteiger partial charge in [-0.2, -0.15) is 0 Å². The van der Waals surface area contributed by atoms with Crippen LogP contribution in [0.1, 0.15) is 30.0 Å². The summed E-state index contributed by atoms with van der Waals surface area (Å²) in [6.07, 6.45) is 4.43. The van der Waals surface area contributed by atoms with Crippen LogP contribution in [0.4, 0.5) is 0 Å². The van der Waals surface area contributed by atoms with Gasteiger partial charge in [0.2, 0.25) is 0 Å². The topological polar surface area (TPSA) is 21.3 Å². The molecule has 0 radical (unpaired) electrons. The lowest BCUT2D eigenvalue weighted by molar-refractivity contribution is 0.169. The SMILES string of the molecule is CNC(C1=CCCCO1)c1ccc(Br)c(C)c1. The van der Waals surface area contributed by atoms with E-state index in [0.29, 0.717) is 0 Å². The number of aryl methyl sites for hydroxylation is 1. The molecule has 1 aromatic rings. The summed E-state index contributed by atoms with van der Waals surface area (Å²) in [5, 5.41) is 3.33. The summed E-state index contributed by atoms with van der Waals surface area (Å²) in [6, 6.07) is 6.60. The molecule has 3 heteroatoms. The summed E-state index contributed by atoms with van der Waals surface area (Å²) in [6.45, 7) is 2.94. The van der Waals surface area contributed by atoms with Gasteiger partial charge in [-0.3, -0.25) is 0 Å². The fraction of sp³-hybridized carbons (Fsp3) is 0.429. The summed E-state index contributed by atoms with van der Waals surface area (Å²) >= 11 is 3.53. The molecular weight excluding hydrogens is 278 g/mol. The predicted molar refractivity (Wildman–Crippen MR) is 73.9 cm³/mol. The van der Waals surface area contributed by atoms with Gasteiger partial charge in [-0.25, -0.2) is 0 Å². The Labute approximate surface area is 111 Å². The van der Waals surface area contributed by atoms with E-state index in [-0.39, 0.29) is 6.04 Å². The maximum absolute atomic E-state index is 5.74. The standard InChI is InChI=1S/C14H18BrNO/c1-10-9-11(6-7-12(10)15)14(16-2)13-5-3-4-8-17-13/h5-7,9,14,16H,3-4,8H2,1-2H3. The van der Waals surface area contributed by atoms with Gasteiger partial charge in [0.05, 0.1) is 12.6 Å². The van der Waals surface area contributed by atoms with Crippen molar-refractivity contribution >= 4 is 15.9 Å². The maximum atomic E-state index is 5.74. The summed E-state index contributed by atoms with van der Waals surface area (Å²) < 4.78 is 6.89. The lowest BCUT2D eigenvalue weighted by atomic mass is 10.0. The Balaban J connectivity index is 2.28. The van der Waals surface area contributed by atoms with Crippen molar-refractivity contribution < 1.29 is 4.74 Å². The first kappa shape index (κ1) is 12.7. The van der Waals surface area contributed by atoms with Crippen molar-refractivity contribution in [2.45, 2.75) is 25.8 Å². The Hall–Kier alpha value is -0.800. The van der Waals surface area contributed by atoms with E-state index in [1.54, 1.807) is 0 Å². The molecule has 0 spiro atoms. The first-order chi connectivity index (χ1) is 8.22. The van der Waals surface area contributed by atoms with E-state index in [1.165, 1.54) is 11.1 Å². The fourth-order valence-corrected chi connectivity index (χ4v) is 2.35. The average Bonchev–Trinajstić information content (AvgIpc) is 2.36. The van der Waals surface area contributed by atoms with Crippen molar-refractivity contribution in [2.75, 3.05) is 13.7 Å². The van der Waals surface area contributed by atoms with Crippen LogP contribution >= 0.6 is 15.9 Å². The van der Waals surface area contributed by atoms with E-state index in [1.807, 2.05) is 7.05 Å². The highest BCUT2D eigenvalue weighted by molar-refractivity contribution is 9.10. The molecule has 1 aliphatic rings. The van der Waals surface area contributed by atoms with Crippen LogP contribution in [0.15, 0.2) is 34.5 Å². The third kappa shape index (κ3) is 2.90. The molecule has 0 saturated carbocycles. The molecule has 1 N–H and O–H groups in total. The van der Waals surface area contributed by atoms with Crippen molar-refractivity contribution in [3.63, 3.8) is 0 Å². The first-order valence-electron chi connectivity index (χ1n) is 5.98. The van der Waals surface area contributed by atoms with Crippen LogP contribution in [0, 0.1) is 6.92 Å². The first-order valence-corrected chi connectivity index (χ1v) is 6.78. The van der Waals surface area contributed by atoms with Gasteiger partial charge in [-0.15, -0.1) is 0 Å². The average molecular weight is 296 g/mol. The zero-order valence-corrected chi connectivity index (χ0v) is 11.9. The van der Waals surface area contributed by atoms with Crippen molar-refractivity contribution in [1.82, 2.24) is 5.32 Å². The molecule has 0 amide bonds. The summed E-state index contributed by atoms with van der Waals surface area (Å²) in [7, 11) is 1.97. The second-order valence-electron chi connectivity index (χ2n) is 4.33. The van der Waals surface area contributed by atoms with Crippen LogP contribution < -0.4 is 5.32 Å². The van der Waals surface area contributed by atoms with E-state index < -0.39 is 0 Å². The number of hydrogen-bond acceptors (Lipinski definition) is 2. The molecular formula is C14H18BrNO. The summed E-state index contributed by atoms with van der Waals surface area (Å²) in [4.78, 5) is 0. The highest BCUT2D eigenvalue weighted by Gasteiger charge is 2.18. The maximum Gasteiger partial charge on any atom is 0.113 e. The van der Waals surface area contributed by atoms with E-state index in [9.17, 15) is 0 Å². The monoisotopic (exact) mass is 295 g/mol. The minimum absolute atomic E-state index is 0.169. The number of likely N-dealkylation sites (N-methyl/N-ethyl adjacent to an activating group) is 1. The molecule has 0 aromatic heterocycles. The van der Waals surface area contributed by atoms with Crippen LogP contribution in [0.2, 0.25) is 0 Å². The van der Waals surface area contributed by atoms with Crippen LogP contribution in [-0.4, -0.2) is 13.7 Å². The largest absolute Gasteiger partial charge is 0.496 e. The molecule has 1 unspecified atom stereocenters. The minimum atomic E-state index is 0.169. The molecule has 1 aromatic carbocycles. The van der Waals surface area contributed by atoms with E-state index >= 15 is 0 Å². The fourth-order valence-electron chi connectivity index (χ4n) is 2.10. The Morgan fingerprint density at radius 1 is 1.41 bits per heavy atom. The molecule has 0 bridgehead atoms. The Kier molecular flexibility index (Phi) is 4.24. The Morgan fingerprint density at radius 2 is 2.24 bits per heavy atom. The molecule has 92 valence electrons. The highest BCUT2D eigenvalue weighted by atomic mass is 79.9. The molecule has 0 saturated heterocycles. The number of halogens is 1. The smallest absolute Gasteiger partial charge is 0.113 e. The second-order valence-corrected chi connectivity index (χ2v) is 5.18. The minimum Gasteiger partial charge on any atom is -0.496 e. The Bertz CT molecular complexity index is 428. The number of nitrogens with one attached hydrogen (secondary N) is 1. The lowest BCUT2D eigenvalue weighted by Gasteiger charge is -2.24. The zero-order valence-electron chi connectivity index (χ0n) is 10.3. The number of rotatable bonds is 3. The van der Waals surface area contributed by atoms with Crippen LogP contribution in [0.5, 0.6) is 0 Å². The van der Waals surface area contributed by atoms with Crippen molar-refractivity contribution in [3.05, 3.63) is 45.6 Å². The van der Waals surface area contributed by atoms with Crippen LogP contribution in [0.3, 0.4) is 0 Å². The summed E-state index contributed by atoms with van der Waals surface area (Å²) in [5.41, 5.74) is 2.50. The third-order valence-corrected chi connectivity index (χ3v) is 3.94. The quantitative estimate of drug-likeness (QED) is 0.918. The van der Waals surface area contributed by atoms with Crippen molar-refractivity contribution in [1.29, 1.82) is 0 Å². The number of allylic oxidation sites excluding steroid dienone is 1. The van der Waals surface area contributed by atoms with E-state index in [0.717, 1.165) is 29.7 Å². The molecule has 2 nitrogen and oxygen atoms in total. The van der Waals surface area contributed by atoms with Crippen LogP contribution in [-0.2, 0) is 4.74 Å². The van der Waals surface area contributed by atoms with E-state index in [4.69, 9.17) is 4.74 Å². The van der Waals surface area contributed by atoms with Crippen LogP contribution in [0.25, 0.3) is 0 Å². The van der Waals surface area contributed by atoms with Gasteiger partial charge in [0.25, 0.3) is 0 Å². The molecule has 1 atom stereocenters. The van der Waals surface area contributed by atoms with Gasteiger partial charge in [-0.05, 0) is 50.1 Å². The predicted octanol–water partition coefficient (Wildman–Crippen LogP) is 3.71. The van der Waals surface area contributed by atoms with Gasteiger partial charge in [0.1, 0.15) is 5.76 Å². The van der Waals surface area contributed by atoms with Gasteiger partial charge >= 0.3 is 0 Å². The molecule has 17 heavy (non-hydrogen) atoms. The molecule has 2 rings (SSSR count). The highest BCUT2D eigenvalue weighted by Crippen LogP contribution is 2.28. The second kappa shape index (κ2) is 5.69. The van der Waals surface area contributed by atoms with Gasteiger partial charge in [0.15, 0.2) is 0 Å². The number of benzene rings is 1.